The zero-order chi connectivity index (χ0) is 19.3. The minimum atomic E-state index is -0.347. The Kier molecular flexibility index (Phi) is 5.18. The third-order valence-corrected chi connectivity index (χ3v) is 4.85. The third-order valence-electron chi connectivity index (χ3n) is 3.96. The smallest absolute Gasteiger partial charge is 0.277 e. The maximum atomic E-state index is 12.4. The molecular weight excluding hydrogens is 376 g/mol. The van der Waals surface area contributed by atoms with Crippen LogP contribution in [0.2, 0.25) is 0 Å². The maximum absolute atomic E-state index is 12.4. The van der Waals surface area contributed by atoms with Crippen molar-refractivity contribution in [3.63, 3.8) is 0 Å². The molecule has 2 N–H and O–H groups in total. The van der Waals surface area contributed by atoms with Crippen LogP contribution >= 0.6 is 11.3 Å². The van der Waals surface area contributed by atoms with Crippen LogP contribution in [0.25, 0.3) is 10.6 Å². The van der Waals surface area contributed by atoms with Crippen LogP contribution in [0.5, 0.6) is 11.5 Å². The molecule has 2 heterocycles. The number of rotatable bonds is 6. The highest BCUT2D eigenvalue weighted by molar-refractivity contribution is 7.13. The molecule has 0 aliphatic heterocycles. The van der Waals surface area contributed by atoms with Crippen LogP contribution < -0.4 is 10.1 Å². The lowest BCUT2D eigenvalue weighted by atomic mass is 10.2. The normalized spacial score (nSPS) is 10.6. The Morgan fingerprint density at radius 3 is 2.43 bits per heavy atom. The number of ether oxygens (including phenoxy) is 1. The van der Waals surface area contributed by atoms with Gasteiger partial charge in [-0.15, -0.1) is 11.3 Å². The van der Waals surface area contributed by atoms with E-state index in [0.29, 0.717) is 22.9 Å². The van der Waals surface area contributed by atoms with Gasteiger partial charge in [0.2, 0.25) is 0 Å². The van der Waals surface area contributed by atoms with Crippen LogP contribution in [-0.2, 0) is 6.61 Å². The average Bonchev–Trinajstić information content (AvgIpc) is 3.42. The second kappa shape index (κ2) is 8.08. The van der Waals surface area contributed by atoms with Crippen molar-refractivity contribution in [2.24, 2.45) is 0 Å². The number of carbonyl (C=O) groups excluding carboxylic acids is 1. The highest BCUT2D eigenvalue weighted by Crippen LogP contribution is 2.26. The highest BCUT2D eigenvalue weighted by Gasteiger charge is 2.14. The van der Waals surface area contributed by atoms with E-state index in [1.807, 2.05) is 17.5 Å². The lowest BCUT2D eigenvalue weighted by Gasteiger charge is -2.08. The predicted molar refractivity (Wildman–Crippen MR) is 107 cm³/mol. The first-order valence-electron chi connectivity index (χ1n) is 8.51. The number of thiophene rings is 1. The number of amides is 1. The molecule has 0 atom stereocenters. The van der Waals surface area contributed by atoms with Crippen molar-refractivity contribution in [1.82, 2.24) is 5.16 Å². The lowest BCUT2D eigenvalue weighted by Crippen LogP contribution is -2.11. The number of carbonyl (C=O) groups is 1. The molecular formula is C21H16N2O4S. The summed E-state index contributed by atoms with van der Waals surface area (Å²) in [4.78, 5) is 13.3. The van der Waals surface area contributed by atoms with Gasteiger partial charge in [-0.25, -0.2) is 0 Å². The molecule has 0 saturated carbocycles. The number of benzene rings is 2. The van der Waals surface area contributed by atoms with Gasteiger partial charge in [-0.1, -0.05) is 23.4 Å². The molecule has 28 heavy (non-hydrogen) atoms. The Morgan fingerprint density at radius 1 is 1.07 bits per heavy atom. The van der Waals surface area contributed by atoms with Crippen molar-refractivity contribution in [1.29, 1.82) is 0 Å². The minimum Gasteiger partial charge on any atom is -0.457 e. The first-order valence-corrected chi connectivity index (χ1v) is 9.39. The van der Waals surface area contributed by atoms with Crippen molar-refractivity contribution < 1.29 is 19.2 Å². The monoisotopic (exact) mass is 392 g/mol. The predicted octanol–water partition coefficient (Wildman–Crippen LogP) is 4.94. The van der Waals surface area contributed by atoms with Crippen molar-refractivity contribution in [3.8, 4) is 22.1 Å². The quantitative estimate of drug-likeness (QED) is 0.485. The summed E-state index contributed by atoms with van der Waals surface area (Å²) in [5, 5.41) is 17.6. The first-order chi connectivity index (χ1) is 13.7. The van der Waals surface area contributed by atoms with E-state index in [4.69, 9.17) is 14.4 Å². The number of hydrogen-bond donors (Lipinski definition) is 2. The second-order valence-corrected chi connectivity index (χ2v) is 6.88. The zero-order valence-corrected chi connectivity index (χ0v) is 15.5. The molecule has 140 valence electrons. The van der Waals surface area contributed by atoms with E-state index < -0.39 is 0 Å². The van der Waals surface area contributed by atoms with Gasteiger partial charge in [0.25, 0.3) is 5.91 Å². The Balaban J connectivity index is 1.39. The lowest BCUT2D eigenvalue weighted by molar-refractivity contribution is 0.101. The summed E-state index contributed by atoms with van der Waals surface area (Å²) in [7, 11) is 0. The molecule has 0 aliphatic rings. The second-order valence-electron chi connectivity index (χ2n) is 5.94. The van der Waals surface area contributed by atoms with Crippen LogP contribution in [0.15, 0.2) is 76.6 Å². The van der Waals surface area contributed by atoms with Gasteiger partial charge in [0, 0.05) is 11.8 Å². The summed E-state index contributed by atoms with van der Waals surface area (Å²) in [6, 6.07) is 19.6. The Bertz CT molecular complexity index is 1050. The van der Waals surface area contributed by atoms with E-state index >= 15 is 0 Å². The van der Waals surface area contributed by atoms with E-state index in [9.17, 15) is 4.79 Å². The fourth-order valence-electron chi connectivity index (χ4n) is 2.52. The zero-order valence-electron chi connectivity index (χ0n) is 14.7. The van der Waals surface area contributed by atoms with Gasteiger partial charge in [-0.2, -0.15) is 0 Å². The molecule has 0 aliphatic carbocycles. The van der Waals surface area contributed by atoms with Crippen LogP contribution in [0.1, 0.15) is 16.1 Å². The fourth-order valence-corrected chi connectivity index (χ4v) is 3.19. The molecule has 0 saturated heterocycles. The number of aromatic nitrogens is 1. The molecule has 4 aromatic rings. The van der Waals surface area contributed by atoms with Gasteiger partial charge < -0.3 is 19.7 Å². The number of nitrogens with zero attached hydrogens (tertiary/aromatic N) is 1. The van der Waals surface area contributed by atoms with Gasteiger partial charge in [-0.05, 0) is 53.4 Å². The molecule has 6 nitrogen and oxygen atoms in total. The van der Waals surface area contributed by atoms with Crippen molar-refractivity contribution in [2.75, 3.05) is 5.32 Å². The summed E-state index contributed by atoms with van der Waals surface area (Å²) in [5.74, 6) is 1.52. The van der Waals surface area contributed by atoms with E-state index in [-0.39, 0.29) is 18.2 Å². The molecule has 0 radical (unpaired) electrons. The minimum absolute atomic E-state index is 0.00495. The molecule has 7 heteroatoms. The SMILES string of the molecule is O=C(Nc1ccc(Oc2ccc(CO)cc2)cc1)c1cc(-c2cccs2)on1. The van der Waals surface area contributed by atoms with E-state index in [1.54, 1.807) is 54.6 Å². The van der Waals surface area contributed by atoms with Crippen molar-refractivity contribution >= 4 is 22.9 Å². The Morgan fingerprint density at radius 2 is 1.79 bits per heavy atom. The number of aliphatic hydroxyl groups excluding tert-OH is 1. The molecule has 0 spiro atoms. The van der Waals surface area contributed by atoms with E-state index in [0.717, 1.165) is 10.4 Å². The molecule has 0 bridgehead atoms. The van der Waals surface area contributed by atoms with Gasteiger partial charge in [0.1, 0.15) is 11.5 Å². The van der Waals surface area contributed by atoms with Crippen LogP contribution in [0.3, 0.4) is 0 Å². The molecule has 1 amide bonds. The Hall–Kier alpha value is -3.42. The van der Waals surface area contributed by atoms with Crippen LogP contribution in [0.4, 0.5) is 5.69 Å². The molecule has 4 rings (SSSR count). The first kappa shape index (κ1) is 18.0. The van der Waals surface area contributed by atoms with Crippen LogP contribution in [0, 0.1) is 0 Å². The number of aliphatic hydroxyl groups is 1. The Labute approximate surface area is 165 Å². The summed E-state index contributed by atoms with van der Waals surface area (Å²) < 4.78 is 11.0. The summed E-state index contributed by atoms with van der Waals surface area (Å²) >= 11 is 1.52. The number of nitrogens with one attached hydrogen (secondary N) is 1. The number of anilines is 1. The van der Waals surface area contributed by atoms with E-state index in [1.165, 1.54) is 11.3 Å². The van der Waals surface area contributed by atoms with Crippen molar-refractivity contribution in [3.05, 3.63) is 83.4 Å². The maximum Gasteiger partial charge on any atom is 0.277 e. The van der Waals surface area contributed by atoms with Crippen LogP contribution in [-0.4, -0.2) is 16.2 Å². The van der Waals surface area contributed by atoms with Gasteiger partial charge in [-0.3, -0.25) is 4.79 Å². The third kappa shape index (κ3) is 4.11. The van der Waals surface area contributed by atoms with Gasteiger partial charge >= 0.3 is 0 Å². The van der Waals surface area contributed by atoms with Crippen molar-refractivity contribution in [2.45, 2.75) is 6.61 Å². The largest absolute Gasteiger partial charge is 0.457 e. The highest BCUT2D eigenvalue weighted by atomic mass is 32.1. The molecule has 0 fully saturated rings. The molecule has 2 aromatic carbocycles. The standard InChI is InChI=1S/C21H16N2O4S/c24-13-14-3-7-16(8-4-14)26-17-9-5-15(6-10-17)22-21(25)18-12-19(27-23-18)20-2-1-11-28-20/h1-12,24H,13H2,(H,22,25). The number of hydrogen-bond acceptors (Lipinski definition) is 6. The summed E-state index contributed by atoms with van der Waals surface area (Å²) in [6.07, 6.45) is 0. The topological polar surface area (TPSA) is 84.6 Å². The van der Waals surface area contributed by atoms with E-state index in [2.05, 4.69) is 10.5 Å². The average molecular weight is 392 g/mol. The summed E-state index contributed by atoms with van der Waals surface area (Å²) in [5.41, 5.74) is 1.65. The fraction of sp³-hybridized carbons (Fsp3) is 0.0476. The summed E-state index contributed by atoms with van der Waals surface area (Å²) in [6.45, 7) is -0.00495. The van der Waals surface area contributed by atoms with Gasteiger partial charge in [0.15, 0.2) is 11.5 Å². The molecule has 0 unspecified atom stereocenters. The van der Waals surface area contributed by atoms with Gasteiger partial charge in [0.05, 0.1) is 11.5 Å². The molecule has 2 aromatic heterocycles.